The summed E-state index contributed by atoms with van der Waals surface area (Å²) in [5.74, 6) is 1.64. The van der Waals surface area contributed by atoms with E-state index >= 15 is 0 Å². The molecule has 2 aliphatic carbocycles. The summed E-state index contributed by atoms with van der Waals surface area (Å²) >= 11 is 0. The zero-order chi connectivity index (χ0) is 18.1. The Morgan fingerprint density at radius 3 is 2.12 bits per heavy atom. The molecular formula is C22H41FO2. The minimum atomic E-state index is -0.796. The zero-order valence-corrected chi connectivity index (χ0v) is 16.6. The minimum absolute atomic E-state index is 0.0930. The number of unbranched alkanes of at least 4 members (excludes halogenated alkanes) is 3. The van der Waals surface area contributed by atoms with E-state index in [0.717, 1.165) is 38.0 Å². The summed E-state index contributed by atoms with van der Waals surface area (Å²) in [6, 6.07) is 0. The predicted molar refractivity (Wildman–Crippen MR) is 102 cm³/mol. The molecular weight excluding hydrogens is 315 g/mol. The molecule has 0 aromatic carbocycles. The van der Waals surface area contributed by atoms with Crippen LogP contribution in [0.2, 0.25) is 0 Å². The molecule has 4 unspecified atom stereocenters. The lowest BCUT2D eigenvalue weighted by Crippen LogP contribution is -2.41. The monoisotopic (exact) mass is 356 g/mol. The van der Waals surface area contributed by atoms with Gasteiger partial charge in [0.15, 0.2) is 0 Å². The average molecular weight is 357 g/mol. The minimum Gasteiger partial charge on any atom is -0.252 e. The molecule has 25 heavy (non-hydrogen) atoms. The second-order valence-corrected chi connectivity index (χ2v) is 8.85. The summed E-state index contributed by atoms with van der Waals surface area (Å²) in [7, 11) is 0. The van der Waals surface area contributed by atoms with E-state index in [-0.39, 0.29) is 12.0 Å². The lowest BCUT2D eigenvalue weighted by molar-refractivity contribution is -0.310. The van der Waals surface area contributed by atoms with E-state index in [4.69, 9.17) is 4.89 Å². The zero-order valence-electron chi connectivity index (χ0n) is 16.6. The Kier molecular flexibility index (Phi) is 9.76. The molecule has 2 rings (SSSR count). The van der Waals surface area contributed by atoms with Gasteiger partial charge in [0.2, 0.25) is 0 Å². The molecule has 0 aromatic rings. The van der Waals surface area contributed by atoms with Gasteiger partial charge in [0.1, 0.15) is 12.3 Å². The van der Waals surface area contributed by atoms with Crippen molar-refractivity contribution in [3.63, 3.8) is 0 Å². The molecule has 0 aliphatic heterocycles. The van der Waals surface area contributed by atoms with E-state index in [1.54, 1.807) is 0 Å². The molecule has 0 amide bonds. The van der Waals surface area contributed by atoms with Gasteiger partial charge in [0.25, 0.3) is 0 Å². The predicted octanol–water partition coefficient (Wildman–Crippen LogP) is 7.18. The average Bonchev–Trinajstić information content (AvgIpc) is 2.63. The van der Waals surface area contributed by atoms with Crippen molar-refractivity contribution < 1.29 is 14.5 Å². The van der Waals surface area contributed by atoms with Crippen LogP contribution < -0.4 is 0 Å². The fraction of sp³-hybridized carbons (Fsp3) is 1.00. The number of rotatable bonds is 10. The third kappa shape index (κ3) is 6.50. The highest BCUT2D eigenvalue weighted by Crippen LogP contribution is 2.42. The number of alkyl halides is 1. The second-order valence-electron chi connectivity index (χ2n) is 8.85. The van der Waals surface area contributed by atoms with Crippen LogP contribution in [0.3, 0.4) is 0 Å². The second kappa shape index (κ2) is 11.5. The topological polar surface area (TPSA) is 29.5 Å². The van der Waals surface area contributed by atoms with Crippen LogP contribution in [0.1, 0.15) is 104 Å². The molecule has 2 aliphatic rings. The summed E-state index contributed by atoms with van der Waals surface area (Å²) in [5, 5.41) is 9.53. The molecule has 3 heteroatoms. The van der Waals surface area contributed by atoms with Crippen molar-refractivity contribution in [2.24, 2.45) is 23.7 Å². The first-order valence-electron chi connectivity index (χ1n) is 11.1. The van der Waals surface area contributed by atoms with Crippen LogP contribution in [-0.4, -0.2) is 17.5 Å². The molecule has 2 fully saturated rings. The first-order valence-corrected chi connectivity index (χ1v) is 11.1. The van der Waals surface area contributed by atoms with Gasteiger partial charge < -0.3 is 0 Å². The molecule has 0 saturated heterocycles. The quantitative estimate of drug-likeness (QED) is 0.255. The smallest absolute Gasteiger partial charge is 0.106 e. The Labute approximate surface area is 154 Å². The van der Waals surface area contributed by atoms with Gasteiger partial charge in [0, 0.05) is 5.92 Å². The van der Waals surface area contributed by atoms with Gasteiger partial charge in [-0.1, -0.05) is 71.6 Å². The third-order valence-electron chi connectivity index (χ3n) is 7.01. The SMILES string of the molecule is CCCCCC1CCC(C(OO)C2CCC(CCCC)CC2F)CC1. The summed E-state index contributed by atoms with van der Waals surface area (Å²) in [5.41, 5.74) is 0. The van der Waals surface area contributed by atoms with Crippen molar-refractivity contribution >= 4 is 0 Å². The summed E-state index contributed by atoms with van der Waals surface area (Å²) in [6.07, 6.45) is 15.2. The normalized spacial score (nSPS) is 34.8. The Balaban J connectivity index is 1.78. The van der Waals surface area contributed by atoms with Crippen molar-refractivity contribution in [2.75, 3.05) is 0 Å². The van der Waals surface area contributed by atoms with Gasteiger partial charge in [-0.3, -0.25) is 5.26 Å². The molecule has 2 nitrogen and oxygen atoms in total. The molecule has 0 bridgehead atoms. The van der Waals surface area contributed by atoms with Crippen LogP contribution >= 0.6 is 0 Å². The fourth-order valence-corrected chi connectivity index (χ4v) is 5.35. The largest absolute Gasteiger partial charge is 0.252 e. The van der Waals surface area contributed by atoms with Gasteiger partial charge in [0.05, 0.1) is 0 Å². The van der Waals surface area contributed by atoms with Crippen LogP contribution in [0.5, 0.6) is 0 Å². The number of hydrogen-bond acceptors (Lipinski definition) is 2. The summed E-state index contributed by atoms with van der Waals surface area (Å²) in [6.45, 7) is 4.46. The summed E-state index contributed by atoms with van der Waals surface area (Å²) < 4.78 is 14.8. The molecule has 0 radical (unpaired) electrons. The van der Waals surface area contributed by atoms with Crippen molar-refractivity contribution in [1.29, 1.82) is 0 Å². The van der Waals surface area contributed by atoms with Crippen molar-refractivity contribution in [3.8, 4) is 0 Å². The van der Waals surface area contributed by atoms with E-state index in [1.807, 2.05) is 0 Å². The van der Waals surface area contributed by atoms with E-state index < -0.39 is 6.17 Å². The van der Waals surface area contributed by atoms with E-state index in [9.17, 15) is 9.65 Å². The molecule has 1 N–H and O–H groups in total. The highest BCUT2D eigenvalue weighted by atomic mass is 19.1. The first-order chi connectivity index (χ1) is 12.2. The van der Waals surface area contributed by atoms with Gasteiger partial charge in [-0.15, -0.1) is 0 Å². The number of hydrogen-bond donors (Lipinski definition) is 1. The lowest BCUT2D eigenvalue weighted by atomic mass is 9.69. The van der Waals surface area contributed by atoms with Gasteiger partial charge in [-0.25, -0.2) is 9.28 Å². The standard InChI is InChI=1S/C22H41FO2/c1-3-5-7-9-17-10-13-19(14-11-17)22(25-24)20-15-12-18(8-6-4-2)16-21(20)23/h17-22,24H,3-16H2,1-2H3. The van der Waals surface area contributed by atoms with Crippen LogP contribution in [0.4, 0.5) is 4.39 Å². The van der Waals surface area contributed by atoms with Gasteiger partial charge in [-0.05, 0) is 49.9 Å². The van der Waals surface area contributed by atoms with Crippen LogP contribution in [0, 0.1) is 23.7 Å². The first kappa shape index (κ1) is 21.2. The van der Waals surface area contributed by atoms with Gasteiger partial charge >= 0.3 is 0 Å². The van der Waals surface area contributed by atoms with Crippen LogP contribution in [-0.2, 0) is 4.89 Å². The molecule has 4 atom stereocenters. The Morgan fingerprint density at radius 1 is 0.880 bits per heavy atom. The van der Waals surface area contributed by atoms with Crippen molar-refractivity contribution in [1.82, 2.24) is 0 Å². The van der Waals surface area contributed by atoms with Crippen LogP contribution in [0.25, 0.3) is 0 Å². The highest BCUT2D eigenvalue weighted by molar-refractivity contribution is 4.89. The Morgan fingerprint density at radius 2 is 1.52 bits per heavy atom. The molecule has 0 spiro atoms. The Bertz CT molecular complexity index is 341. The maximum atomic E-state index is 14.8. The molecule has 0 heterocycles. The maximum absolute atomic E-state index is 14.8. The third-order valence-corrected chi connectivity index (χ3v) is 7.01. The summed E-state index contributed by atoms with van der Waals surface area (Å²) in [4.78, 5) is 4.91. The van der Waals surface area contributed by atoms with E-state index in [1.165, 1.54) is 51.4 Å². The molecule has 2 saturated carbocycles. The Hall–Kier alpha value is -0.150. The number of halogens is 1. The van der Waals surface area contributed by atoms with Crippen molar-refractivity contribution in [3.05, 3.63) is 0 Å². The molecule has 148 valence electrons. The lowest BCUT2D eigenvalue weighted by Gasteiger charge is -2.40. The van der Waals surface area contributed by atoms with Crippen molar-refractivity contribution in [2.45, 2.75) is 116 Å². The van der Waals surface area contributed by atoms with E-state index in [0.29, 0.717) is 18.3 Å². The maximum Gasteiger partial charge on any atom is 0.106 e. The van der Waals surface area contributed by atoms with E-state index in [2.05, 4.69) is 13.8 Å². The fourth-order valence-electron chi connectivity index (χ4n) is 5.35. The molecule has 0 aromatic heterocycles. The van der Waals surface area contributed by atoms with Crippen LogP contribution in [0.15, 0.2) is 0 Å². The van der Waals surface area contributed by atoms with Gasteiger partial charge in [-0.2, -0.15) is 0 Å². The highest BCUT2D eigenvalue weighted by Gasteiger charge is 2.41.